The number of nitrogens with one attached hydrogen (secondary N) is 2. The first-order chi connectivity index (χ1) is 17.6. The van der Waals surface area contributed by atoms with Gasteiger partial charge in [-0.2, -0.15) is 5.10 Å². The Morgan fingerprint density at radius 3 is 2.69 bits per heavy atom. The van der Waals surface area contributed by atoms with Gasteiger partial charge in [-0.3, -0.25) is 14.5 Å². The standard InChI is InChI=1S/C26H25N7O3/c1-2-27-26(35)25-32-31-24(33(25)18-9-7-15(8-10-18)17-13-28-36-14-17)20-11-19-21(12-22(20)34)29-30-23(19)16-5-3-4-6-16/h7-14,16,34H,2-6H2,1H3,(H,27,35)(H,29,30). The van der Waals surface area contributed by atoms with Crippen LogP contribution in [0.5, 0.6) is 5.75 Å². The first kappa shape index (κ1) is 22.0. The molecular weight excluding hydrogens is 458 g/mol. The highest BCUT2D eigenvalue weighted by Gasteiger charge is 2.26. The fourth-order valence-electron chi connectivity index (χ4n) is 5.01. The number of H-pyrrole nitrogens is 1. The van der Waals surface area contributed by atoms with Crippen LogP contribution in [0.25, 0.3) is 39.1 Å². The molecule has 0 bridgehead atoms. The van der Waals surface area contributed by atoms with Crippen LogP contribution in [0, 0.1) is 0 Å². The zero-order valence-corrected chi connectivity index (χ0v) is 19.7. The number of phenols is 1. The highest BCUT2D eigenvalue weighted by atomic mass is 16.5. The summed E-state index contributed by atoms with van der Waals surface area (Å²) in [6, 6.07) is 11.1. The van der Waals surface area contributed by atoms with E-state index in [0.717, 1.165) is 35.0 Å². The van der Waals surface area contributed by atoms with Crippen molar-refractivity contribution in [3.8, 4) is 34.0 Å². The third-order valence-electron chi connectivity index (χ3n) is 6.80. The molecule has 1 fully saturated rings. The van der Waals surface area contributed by atoms with Crippen LogP contribution in [0.4, 0.5) is 0 Å². The smallest absolute Gasteiger partial charge is 0.289 e. The number of benzene rings is 2. The number of carbonyl (C=O) groups excluding carboxylic acids is 1. The van der Waals surface area contributed by atoms with Crippen molar-refractivity contribution in [3.63, 3.8) is 0 Å². The van der Waals surface area contributed by atoms with Crippen molar-refractivity contribution < 1.29 is 14.4 Å². The molecule has 36 heavy (non-hydrogen) atoms. The second-order valence-electron chi connectivity index (χ2n) is 9.01. The Labute approximate surface area is 206 Å². The second-order valence-corrected chi connectivity index (χ2v) is 9.01. The Bertz CT molecular complexity index is 1530. The number of hydrogen-bond acceptors (Lipinski definition) is 7. The lowest BCUT2D eigenvalue weighted by atomic mass is 9.99. The largest absolute Gasteiger partial charge is 0.507 e. The number of aromatic hydroxyl groups is 1. The van der Waals surface area contributed by atoms with E-state index in [1.54, 1.807) is 23.1 Å². The van der Waals surface area contributed by atoms with Gasteiger partial charge >= 0.3 is 0 Å². The Kier molecular flexibility index (Phi) is 5.48. The predicted molar refractivity (Wildman–Crippen MR) is 133 cm³/mol. The molecular formula is C26H25N7O3. The van der Waals surface area contributed by atoms with Crippen LogP contribution in [-0.2, 0) is 0 Å². The number of phenolic OH excluding ortho intramolecular Hbond substituents is 1. The van der Waals surface area contributed by atoms with Crippen molar-refractivity contribution >= 4 is 16.8 Å². The molecule has 3 heterocycles. The maximum absolute atomic E-state index is 12.9. The summed E-state index contributed by atoms with van der Waals surface area (Å²) in [6.45, 7) is 2.29. The van der Waals surface area contributed by atoms with Gasteiger partial charge in [-0.05, 0) is 43.5 Å². The van der Waals surface area contributed by atoms with Crippen molar-refractivity contribution in [2.24, 2.45) is 0 Å². The molecule has 0 spiro atoms. The summed E-state index contributed by atoms with van der Waals surface area (Å²) < 4.78 is 6.62. The summed E-state index contributed by atoms with van der Waals surface area (Å²) >= 11 is 0. The van der Waals surface area contributed by atoms with E-state index in [1.807, 2.05) is 37.3 Å². The summed E-state index contributed by atoms with van der Waals surface area (Å²) in [5, 5.41) is 34.7. The SMILES string of the molecule is CCNC(=O)c1nnc(-c2cc3c(C4CCCC4)[nH]nc3cc2O)n1-c1ccc(-c2cnoc2)cc1. The molecule has 6 rings (SSSR count). The predicted octanol–water partition coefficient (Wildman–Crippen LogP) is 4.58. The number of amides is 1. The maximum atomic E-state index is 12.9. The summed E-state index contributed by atoms with van der Waals surface area (Å²) in [5.74, 6) is 0.583. The number of hydrogen-bond donors (Lipinski definition) is 3. The van der Waals surface area contributed by atoms with Crippen molar-refractivity contribution in [1.82, 2.24) is 35.4 Å². The Morgan fingerprint density at radius 1 is 1.17 bits per heavy atom. The minimum atomic E-state index is -0.352. The van der Waals surface area contributed by atoms with Crippen molar-refractivity contribution in [2.45, 2.75) is 38.5 Å². The lowest BCUT2D eigenvalue weighted by molar-refractivity contribution is 0.0943. The van der Waals surface area contributed by atoms with Gasteiger partial charge in [0.15, 0.2) is 5.82 Å². The van der Waals surface area contributed by atoms with Gasteiger partial charge in [-0.25, -0.2) is 0 Å². The number of aromatic nitrogens is 6. The molecule has 10 heteroatoms. The monoisotopic (exact) mass is 483 g/mol. The van der Waals surface area contributed by atoms with Crippen molar-refractivity contribution in [3.05, 3.63) is 60.4 Å². The maximum Gasteiger partial charge on any atom is 0.289 e. The summed E-state index contributed by atoms with van der Waals surface area (Å²) in [7, 11) is 0. The van der Waals surface area contributed by atoms with Gasteiger partial charge < -0.3 is 14.9 Å². The van der Waals surface area contributed by atoms with Gasteiger partial charge in [0.1, 0.15) is 12.0 Å². The zero-order valence-electron chi connectivity index (χ0n) is 19.7. The molecule has 3 aromatic heterocycles. The van der Waals surface area contributed by atoms with E-state index in [4.69, 9.17) is 4.52 Å². The molecule has 0 unspecified atom stereocenters. The fourth-order valence-corrected chi connectivity index (χ4v) is 5.01. The van der Waals surface area contributed by atoms with E-state index in [9.17, 15) is 9.90 Å². The molecule has 1 aliphatic rings. The van der Waals surface area contributed by atoms with Crippen LogP contribution in [0.15, 0.2) is 53.4 Å². The molecule has 2 aromatic carbocycles. The van der Waals surface area contributed by atoms with Gasteiger partial charge in [0, 0.05) is 40.9 Å². The number of nitrogens with zero attached hydrogens (tertiary/aromatic N) is 5. The van der Waals surface area contributed by atoms with E-state index >= 15 is 0 Å². The lowest BCUT2D eigenvalue weighted by Crippen LogP contribution is -2.26. The average Bonchev–Trinajstić information content (AvgIpc) is 3.70. The first-order valence-corrected chi connectivity index (χ1v) is 12.1. The van der Waals surface area contributed by atoms with Gasteiger partial charge in [0.25, 0.3) is 5.91 Å². The summed E-state index contributed by atoms with van der Waals surface area (Å²) in [6.07, 6.45) is 7.84. The molecule has 10 nitrogen and oxygen atoms in total. The van der Waals surface area contributed by atoms with Gasteiger partial charge in [0.2, 0.25) is 5.82 Å². The van der Waals surface area contributed by atoms with Gasteiger partial charge in [-0.15, -0.1) is 10.2 Å². The fraction of sp³-hybridized carbons (Fsp3) is 0.269. The first-order valence-electron chi connectivity index (χ1n) is 12.1. The van der Waals surface area contributed by atoms with Crippen LogP contribution in [0.3, 0.4) is 0 Å². The average molecular weight is 484 g/mol. The molecule has 1 aliphatic carbocycles. The van der Waals surface area contributed by atoms with Crippen LogP contribution < -0.4 is 5.32 Å². The highest BCUT2D eigenvalue weighted by molar-refractivity contribution is 5.93. The third-order valence-corrected chi connectivity index (χ3v) is 6.80. The Balaban J connectivity index is 1.50. The quantitative estimate of drug-likeness (QED) is 0.322. The molecule has 0 radical (unpaired) electrons. The van der Waals surface area contributed by atoms with Crippen molar-refractivity contribution in [1.29, 1.82) is 0 Å². The van der Waals surface area contributed by atoms with E-state index in [1.165, 1.54) is 12.8 Å². The number of fused-ring (bicyclic) bond motifs is 1. The zero-order chi connectivity index (χ0) is 24.6. The molecule has 0 saturated heterocycles. The van der Waals surface area contributed by atoms with Crippen LogP contribution in [-0.4, -0.2) is 47.7 Å². The summed E-state index contributed by atoms with van der Waals surface area (Å²) in [5.41, 5.74) is 4.70. The van der Waals surface area contributed by atoms with E-state index in [0.29, 0.717) is 35.1 Å². The molecule has 1 saturated carbocycles. The Hall–Kier alpha value is -4.47. The normalized spacial score (nSPS) is 14.0. The van der Waals surface area contributed by atoms with Gasteiger partial charge in [0.05, 0.1) is 17.3 Å². The van der Waals surface area contributed by atoms with E-state index in [-0.39, 0.29) is 17.5 Å². The van der Waals surface area contributed by atoms with Crippen molar-refractivity contribution in [2.75, 3.05) is 6.54 Å². The molecule has 5 aromatic rings. The second kappa shape index (κ2) is 8.95. The van der Waals surface area contributed by atoms with E-state index in [2.05, 4.69) is 30.9 Å². The lowest BCUT2D eigenvalue weighted by Gasteiger charge is -2.13. The number of carbonyl (C=O) groups is 1. The molecule has 0 atom stereocenters. The number of aromatic amines is 1. The minimum absolute atomic E-state index is 0.0177. The topological polar surface area (TPSA) is 135 Å². The molecule has 3 N–H and O–H groups in total. The minimum Gasteiger partial charge on any atom is -0.507 e. The Morgan fingerprint density at radius 2 is 1.97 bits per heavy atom. The highest BCUT2D eigenvalue weighted by Crippen LogP contribution is 2.40. The van der Waals surface area contributed by atoms with Crippen LogP contribution in [0.1, 0.15) is 54.8 Å². The van der Waals surface area contributed by atoms with Crippen LogP contribution in [0.2, 0.25) is 0 Å². The van der Waals surface area contributed by atoms with Crippen LogP contribution >= 0.6 is 0 Å². The third kappa shape index (κ3) is 3.71. The molecule has 182 valence electrons. The molecule has 1 amide bonds. The summed E-state index contributed by atoms with van der Waals surface area (Å²) in [4.78, 5) is 12.9. The van der Waals surface area contributed by atoms with E-state index < -0.39 is 0 Å². The van der Waals surface area contributed by atoms with Gasteiger partial charge in [-0.1, -0.05) is 30.1 Å². The number of rotatable bonds is 6. The molecule has 0 aliphatic heterocycles.